The van der Waals surface area contributed by atoms with Crippen molar-refractivity contribution < 1.29 is 4.84 Å². The number of hydroxylamine groups is 2. The molecule has 2 unspecified atom stereocenters. The first-order chi connectivity index (χ1) is 8.74. The smallest absolute Gasteiger partial charge is 0.115 e. The van der Waals surface area contributed by atoms with Crippen molar-refractivity contribution in [1.82, 2.24) is 5.06 Å². The number of benzene rings is 1. The Bertz CT molecular complexity index is 452. The highest BCUT2D eigenvalue weighted by Crippen LogP contribution is 2.41. The highest BCUT2D eigenvalue weighted by atomic mass is 16.7. The summed E-state index contributed by atoms with van der Waals surface area (Å²) in [4.78, 5) is 6.26. The minimum Gasteiger partial charge on any atom is -0.398 e. The molecule has 2 rings (SSSR count). The molecule has 0 bridgehead atoms. The van der Waals surface area contributed by atoms with Crippen molar-refractivity contribution in [2.75, 3.05) is 12.3 Å². The molecule has 1 aromatic rings. The molecule has 1 aliphatic rings. The van der Waals surface area contributed by atoms with Gasteiger partial charge in [0, 0.05) is 23.8 Å². The highest BCUT2D eigenvalue weighted by molar-refractivity contribution is 5.49. The molecule has 0 radical (unpaired) electrons. The number of nitrogens with two attached hydrogens (primary N) is 1. The van der Waals surface area contributed by atoms with Gasteiger partial charge in [-0.3, -0.25) is 4.84 Å². The zero-order valence-electron chi connectivity index (χ0n) is 12.7. The summed E-state index contributed by atoms with van der Waals surface area (Å²) in [5.41, 5.74) is 7.91. The summed E-state index contributed by atoms with van der Waals surface area (Å²) >= 11 is 0. The molecule has 1 aliphatic heterocycles. The lowest BCUT2D eigenvalue weighted by molar-refractivity contribution is -0.224. The van der Waals surface area contributed by atoms with Crippen LogP contribution in [0.15, 0.2) is 24.3 Å². The monoisotopic (exact) mass is 262 g/mol. The molecule has 0 spiro atoms. The Balaban J connectivity index is 2.20. The summed E-state index contributed by atoms with van der Waals surface area (Å²) in [6, 6.07) is 8.38. The van der Waals surface area contributed by atoms with E-state index in [0.717, 1.165) is 24.2 Å². The molecule has 0 aromatic heterocycles. The fraction of sp³-hybridized carbons (Fsp3) is 0.625. The van der Waals surface area contributed by atoms with Gasteiger partial charge in [0.2, 0.25) is 0 Å². The number of hydrogen-bond donors (Lipinski definition) is 1. The molecule has 0 aliphatic carbocycles. The van der Waals surface area contributed by atoms with E-state index in [2.05, 4.69) is 45.7 Å². The predicted molar refractivity (Wildman–Crippen MR) is 79.5 cm³/mol. The average Bonchev–Trinajstić information content (AvgIpc) is 2.71. The number of nitrogen functional groups attached to an aromatic ring is 1. The van der Waals surface area contributed by atoms with E-state index in [0.29, 0.717) is 6.04 Å². The van der Waals surface area contributed by atoms with Crippen molar-refractivity contribution >= 4 is 5.69 Å². The quantitative estimate of drug-likeness (QED) is 0.828. The van der Waals surface area contributed by atoms with E-state index in [1.807, 2.05) is 18.2 Å². The molecule has 0 amide bonds. The maximum Gasteiger partial charge on any atom is 0.115 e. The predicted octanol–water partition coefficient (Wildman–Crippen LogP) is 3.56. The summed E-state index contributed by atoms with van der Waals surface area (Å²) in [6.07, 6.45) is 0.974. The van der Waals surface area contributed by atoms with E-state index in [9.17, 15) is 0 Å². The first kappa shape index (κ1) is 14.4. The van der Waals surface area contributed by atoms with Gasteiger partial charge in [-0.2, -0.15) is 5.06 Å². The van der Waals surface area contributed by atoms with E-state index in [1.54, 1.807) is 0 Å². The number of hydrogen-bond acceptors (Lipinski definition) is 3. The largest absolute Gasteiger partial charge is 0.398 e. The van der Waals surface area contributed by atoms with Gasteiger partial charge in [0.05, 0.1) is 0 Å². The van der Waals surface area contributed by atoms with Gasteiger partial charge in [-0.15, -0.1) is 0 Å². The maximum atomic E-state index is 6.26. The number of para-hydroxylation sites is 1. The summed E-state index contributed by atoms with van der Waals surface area (Å²) < 4.78 is 0. The molecule has 3 nitrogen and oxygen atoms in total. The minimum atomic E-state index is -0.301. The Morgan fingerprint density at radius 2 is 1.95 bits per heavy atom. The normalized spacial score (nSPS) is 26.6. The highest BCUT2D eigenvalue weighted by Gasteiger charge is 2.42. The molecule has 2 atom stereocenters. The standard InChI is InChI=1S/C16H26N2O/c1-12(15(2,3)4)18-11-10-16(5,19-18)13-8-6-7-9-14(13)17/h6-9,12H,10-11,17H2,1-5H3. The van der Waals surface area contributed by atoms with Crippen LogP contribution in [-0.2, 0) is 10.4 Å². The Kier molecular flexibility index (Phi) is 3.63. The molecule has 3 heteroatoms. The van der Waals surface area contributed by atoms with Crippen LogP contribution in [0.1, 0.15) is 46.6 Å². The Hall–Kier alpha value is -1.06. The Morgan fingerprint density at radius 1 is 1.32 bits per heavy atom. The van der Waals surface area contributed by atoms with Crippen molar-refractivity contribution in [3.63, 3.8) is 0 Å². The van der Waals surface area contributed by atoms with Crippen LogP contribution in [0.2, 0.25) is 0 Å². The van der Waals surface area contributed by atoms with Crippen LogP contribution in [0, 0.1) is 5.41 Å². The summed E-state index contributed by atoms with van der Waals surface area (Å²) in [5, 5.41) is 2.12. The lowest BCUT2D eigenvalue weighted by atomic mass is 9.88. The SMILES string of the molecule is CC(N1CCC(C)(c2ccccc2N)O1)C(C)(C)C. The minimum absolute atomic E-state index is 0.202. The third-order valence-electron chi connectivity index (χ3n) is 4.34. The molecule has 1 saturated heterocycles. The van der Waals surface area contributed by atoms with Gasteiger partial charge in [0.1, 0.15) is 5.60 Å². The second-order valence-corrected chi connectivity index (χ2v) is 6.84. The zero-order chi connectivity index (χ0) is 14.3. The first-order valence-corrected chi connectivity index (χ1v) is 7.05. The lowest BCUT2D eigenvalue weighted by Crippen LogP contribution is -2.40. The average molecular weight is 262 g/mol. The fourth-order valence-electron chi connectivity index (χ4n) is 2.54. The summed E-state index contributed by atoms with van der Waals surface area (Å²) in [7, 11) is 0. The molecule has 1 aromatic carbocycles. The van der Waals surface area contributed by atoms with Gasteiger partial charge in [0.25, 0.3) is 0 Å². The molecular formula is C16H26N2O. The van der Waals surface area contributed by atoms with E-state index in [-0.39, 0.29) is 11.0 Å². The molecule has 0 saturated carbocycles. The van der Waals surface area contributed by atoms with Crippen molar-refractivity contribution in [3.8, 4) is 0 Å². The third kappa shape index (κ3) is 2.77. The molecule has 1 fully saturated rings. The van der Waals surface area contributed by atoms with E-state index in [1.165, 1.54) is 0 Å². The molecule has 106 valence electrons. The second-order valence-electron chi connectivity index (χ2n) is 6.84. The van der Waals surface area contributed by atoms with E-state index < -0.39 is 0 Å². The van der Waals surface area contributed by atoms with Gasteiger partial charge in [-0.25, -0.2) is 0 Å². The third-order valence-corrected chi connectivity index (χ3v) is 4.34. The Labute approximate surface area is 116 Å². The van der Waals surface area contributed by atoms with Crippen molar-refractivity contribution in [2.45, 2.75) is 52.7 Å². The molecule has 1 heterocycles. The topological polar surface area (TPSA) is 38.5 Å². The molecule has 19 heavy (non-hydrogen) atoms. The lowest BCUT2D eigenvalue weighted by Gasteiger charge is -2.36. The first-order valence-electron chi connectivity index (χ1n) is 7.05. The van der Waals surface area contributed by atoms with Crippen LogP contribution in [0.25, 0.3) is 0 Å². The van der Waals surface area contributed by atoms with Crippen molar-refractivity contribution in [3.05, 3.63) is 29.8 Å². The zero-order valence-corrected chi connectivity index (χ0v) is 12.7. The van der Waals surface area contributed by atoms with E-state index >= 15 is 0 Å². The summed E-state index contributed by atoms with van der Waals surface area (Å²) in [5.74, 6) is 0. The number of anilines is 1. The van der Waals surface area contributed by atoms with E-state index in [4.69, 9.17) is 10.6 Å². The maximum absolute atomic E-state index is 6.26. The molecule has 2 N–H and O–H groups in total. The number of rotatable bonds is 2. The number of nitrogens with zero attached hydrogens (tertiary/aromatic N) is 1. The van der Waals surface area contributed by atoms with Gasteiger partial charge in [-0.05, 0) is 31.7 Å². The van der Waals surface area contributed by atoms with Crippen molar-refractivity contribution in [1.29, 1.82) is 0 Å². The van der Waals surface area contributed by atoms with Crippen LogP contribution in [-0.4, -0.2) is 17.6 Å². The molecular weight excluding hydrogens is 236 g/mol. The van der Waals surface area contributed by atoms with Gasteiger partial charge >= 0.3 is 0 Å². The van der Waals surface area contributed by atoms with Crippen LogP contribution in [0.3, 0.4) is 0 Å². The summed E-state index contributed by atoms with van der Waals surface area (Å²) in [6.45, 7) is 12.0. The van der Waals surface area contributed by atoms with Gasteiger partial charge in [-0.1, -0.05) is 39.0 Å². The Morgan fingerprint density at radius 3 is 2.53 bits per heavy atom. The second kappa shape index (κ2) is 4.80. The van der Waals surface area contributed by atoms with Gasteiger partial charge in [0.15, 0.2) is 0 Å². The van der Waals surface area contributed by atoms with Gasteiger partial charge < -0.3 is 5.73 Å². The van der Waals surface area contributed by atoms with Crippen LogP contribution in [0.5, 0.6) is 0 Å². The fourth-order valence-corrected chi connectivity index (χ4v) is 2.54. The van der Waals surface area contributed by atoms with Crippen LogP contribution >= 0.6 is 0 Å². The van der Waals surface area contributed by atoms with Crippen molar-refractivity contribution in [2.24, 2.45) is 5.41 Å². The van der Waals surface area contributed by atoms with Crippen LogP contribution < -0.4 is 5.73 Å². The van der Waals surface area contributed by atoms with Crippen LogP contribution in [0.4, 0.5) is 5.69 Å².